The van der Waals surface area contributed by atoms with Crippen LogP contribution in [0.1, 0.15) is 128 Å². The second-order valence-corrected chi connectivity index (χ2v) is 16.6. The van der Waals surface area contributed by atoms with Gasteiger partial charge in [-0.25, -0.2) is 0 Å². The molecule has 1 unspecified atom stereocenters. The van der Waals surface area contributed by atoms with Crippen LogP contribution >= 0.6 is 7.87 Å². The minimum atomic E-state index is -2.29. The molecule has 0 aliphatic heterocycles. The number of allylic oxidation sites excluding steroid dienone is 2. The third kappa shape index (κ3) is 6.36. The Bertz CT molecular complexity index is 576. The van der Waals surface area contributed by atoms with E-state index in [1.165, 1.54) is 128 Å². The Hall–Kier alpha value is 0.01000. The van der Waals surface area contributed by atoms with E-state index in [4.69, 9.17) is 0 Å². The first-order valence-corrected chi connectivity index (χ1v) is 17.4. The average molecular weight is 507 g/mol. The fourth-order valence-corrected chi connectivity index (χ4v) is 14.4. The fourth-order valence-electron chi connectivity index (χ4n) is 8.40. The summed E-state index contributed by atoms with van der Waals surface area (Å²) >= 11 is 0. The van der Waals surface area contributed by atoms with Gasteiger partial charge in [0.2, 0.25) is 0 Å². The standard InChI is InChI=1S/C30H59N4P/c1-31(27-19-11-6-5-7-12-20-27)35(32(2)28-21-13-8-14-22-28,33(3)29-23-15-9-16-24-29)34(4)30-25-17-10-18-26-30/h5-6,27-30,35H,7-26H2,1-4H3/b6-5-. The van der Waals surface area contributed by atoms with Gasteiger partial charge in [0.1, 0.15) is 0 Å². The predicted octanol–water partition coefficient (Wildman–Crippen LogP) is 8.01. The number of hydrogen-bond acceptors (Lipinski definition) is 4. The molecular formula is C30H59N4P. The summed E-state index contributed by atoms with van der Waals surface area (Å²) < 4.78 is 12.2. The van der Waals surface area contributed by atoms with Gasteiger partial charge >= 0.3 is 219 Å². The zero-order valence-electron chi connectivity index (χ0n) is 23.9. The van der Waals surface area contributed by atoms with Gasteiger partial charge in [-0.1, -0.05) is 0 Å². The van der Waals surface area contributed by atoms with Crippen molar-refractivity contribution in [3.05, 3.63) is 12.2 Å². The van der Waals surface area contributed by atoms with Gasteiger partial charge in [-0.05, 0) is 0 Å². The zero-order chi connectivity index (χ0) is 24.7. The van der Waals surface area contributed by atoms with E-state index in [-0.39, 0.29) is 0 Å². The van der Waals surface area contributed by atoms with Crippen molar-refractivity contribution in [3.8, 4) is 0 Å². The molecule has 0 aromatic heterocycles. The third-order valence-electron chi connectivity index (χ3n) is 10.5. The molecule has 0 radical (unpaired) electrons. The Morgan fingerprint density at radius 1 is 0.400 bits per heavy atom. The normalized spacial score (nSPS) is 28.5. The number of rotatable bonds is 8. The Kier molecular flexibility index (Phi) is 11.0. The third-order valence-corrected chi connectivity index (χ3v) is 15.8. The van der Waals surface area contributed by atoms with Gasteiger partial charge in [-0.3, -0.25) is 0 Å². The van der Waals surface area contributed by atoms with Crippen molar-refractivity contribution in [1.82, 2.24) is 18.7 Å². The molecule has 4 rings (SSSR count). The SMILES string of the molecule is CN(C1CC/C=C\CCC1)[PH](N(C)C1CCCCC1)(N(C)C1CCCCC1)N(C)C1CCCCC1. The van der Waals surface area contributed by atoms with Gasteiger partial charge in [0.25, 0.3) is 0 Å². The topological polar surface area (TPSA) is 13.0 Å². The van der Waals surface area contributed by atoms with E-state index >= 15 is 0 Å². The van der Waals surface area contributed by atoms with E-state index in [1.807, 2.05) is 0 Å². The van der Waals surface area contributed by atoms with Crippen LogP contribution < -0.4 is 0 Å². The van der Waals surface area contributed by atoms with Crippen LogP contribution in [0, 0.1) is 0 Å². The molecule has 0 spiro atoms. The van der Waals surface area contributed by atoms with Crippen molar-refractivity contribution in [1.29, 1.82) is 0 Å². The molecule has 1 atom stereocenters. The summed E-state index contributed by atoms with van der Waals surface area (Å²) in [6.45, 7) is 0. The number of nitrogens with zero attached hydrogens (tertiary/aromatic N) is 4. The molecule has 0 aromatic rings. The quantitative estimate of drug-likeness (QED) is 0.244. The summed E-state index contributed by atoms with van der Waals surface area (Å²) in [7, 11) is 8.05. The van der Waals surface area contributed by atoms with E-state index in [1.54, 1.807) is 0 Å². The first-order chi connectivity index (χ1) is 17.1. The summed E-state index contributed by atoms with van der Waals surface area (Å²) in [4.78, 5) is 0. The van der Waals surface area contributed by atoms with Crippen molar-refractivity contribution in [2.75, 3.05) is 28.2 Å². The van der Waals surface area contributed by atoms with E-state index < -0.39 is 7.87 Å². The Labute approximate surface area is 219 Å². The first kappa shape index (κ1) is 28.0. The summed E-state index contributed by atoms with van der Waals surface area (Å²) in [5.41, 5.74) is 0. The van der Waals surface area contributed by atoms with Crippen LogP contribution in [-0.4, -0.2) is 71.0 Å². The van der Waals surface area contributed by atoms with Crippen LogP contribution in [0.25, 0.3) is 0 Å². The van der Waals surface area contributed by atoms with Crippen LogP contribution in [0.4, 0.5) is 0 Å². The van der Waals surface area contributed by atoms with Crippen LogP contribution in [0.2, 0.25) is 0 Å². The van der Waals surface area contributed by atoms with E-state index in [2.05, 4.69) is 59.0 Å². The molecular weight excluding hydrogens is 447 g/mol. The molecule has 4 aliphatic rings. The molecule has 0 saturated heterocycles. The monoisotopic (exact) mass is 506 g/mol. The molecule has 3 saturated carbocycles. The van der Waals surface area contributed by atoms with Crippen molar-refractivity contribution >= 4 is 7.87 Å². The summed E-state index contributed by atoms with van der Waals surface area (Å²) in [6.07, 6.45) is 32.8. The Morgan fingerprint density at radius 2 is 0.714 bits per heavy atom. The second kappa shape index (κ2) is 13.7. The second-order valence-electron chi connectivity index (χ2n) is 12.6. The molecule has 5 heteroatoms. The van der Waals surface area contributed by atoms with E-state index in [0.717, 1.165) is 18.1 Å². The first-order valence-electron chi connectivity index (χ1n) is 15.6. The van der Waals surface area contributed by atoms with Gasteiger partial charge in [0.15, 0.2) is 0 Å². The minimum absolute atomic E-state index is 0.703. The Morgan fingerprint density at radius 3 is 1.11 bits per heavy atom. The maximum atomic E-state index is 3.05. The van der Waals surface area contributed by atoms with Gasteiger partial charge < -0.3 is 0 Å². The summed E-state index contributed by atoms with van der Waals surface area (Å²) in [6, 6.07) is 2.96. The maximum absolute atomic E-state index is 3.05. The van der Waals surface area contributed by atoms with Crippen LogP contribution in [-0.2, 0) is 0 Å². The average Bonchev–Trinajstić information content (AvgIpc) is 2.90. The summed E-state index contributed by atoms with van der Waals surface area (Å²) in [5.74, 6) is 0. The van der Waals surface area contributed by atoms with Gasteiger partial charge in [-0.15, -0.1) is 0 Å². The fraction of sp³-hybridized carbons (Fsp3) is 0.933. The number of hydrogen-bond donors (Lipinski definition) is 0. The molecule has 0 N–H and O–H groups in total. The molecule has 35 heavy (non-hydrogen) atoms. The van der Waals surface area contributed by atoms with Crippen molar-refractivity contribution < 1.29 is 0 Å². The molecule has 4 aliphatic carbocycles. The van der Waals surface area contributed by atoms with Crippen LogP contribution in [0.3, 0.4) is 0 Å². The van der Waals surface area contributed by atoms with E-state index in [9.17, 15) is 0 Å². The predicted molar refractivity (Wildman–Crippen MR) is 156 cm³/mol. The molecule has 204 valence electrons. The Balaban J connectivity index is 1.76. The van der Waals surface area contributed by atoms with Crippen molar-refractivity contribution in [2.24, 2.45) is 0 Å². The van der Waals surface area contributed by atoms with Crippen LogP contribution in [0.15, 0.2) is 12.2 Å². The van der Waals surface area contributed by atoms with Gasteiger partial charge in [0, 0.05) is 0 Å². The van der Waals surface area contributed by atoms with Crippen molar-refractivity contribution in [2.45, 2.75) is 153 Å². The molecule has 0 amide bonds. The zero-order valence-corrected chi connectivity index (χ0v) is 24.9. The molecule has 3 fully saturated rings. The molecule has 0 bridgehead atoms. The molecule has 0 heterocycles. The molecule has 4 nitrogen and oxygen atoms in total. The van der Waals surface area contributed by atoms with E-state index in [0.29, 0.717) is 6.04 Å². The molecule has 0 aromatic carbocycles. The van der Waals surface area contributed by atoms with Gasteiger partial charge in [-0.2, -0.15) is 0 Å². The van der Waals surface area contributed by atoms with Crippen molar-refractivity contribution in [3.63, 3.8) is 0 Å². The van der Waals surface area contributed by atoms with Gasteiger partial charge in [0.05, 0.1) is 0 Å². The van der Waals surface area contributed by atoms with Crippen LogP contribution in [0.5, 0.6) is 0 Å². The summed E-state index contributed by atoms with van der Waals surface area (Å²) in [5, 5.41) is 0.